The number of aliphatic imine (C=N–C) groups is 1. The maximum absolute atomic E-state index is 12.7. The number of thiophene rings is 1. The van der Waals surface area contributed by atoms with Gasteiger partial charge in [-0.25, -0.2) is 4.98 Å². The van der Waals surface area contributed by atoms with Crippen LogP contribution in [0.1, 0.15) is 19.3 Å². The molecular weight excluding hydrogens is 428 g/mol. The van der Waals surface area contributed by atoms with E-state index in [1.54, 1.807) is 17.5 Å². The Labute approximate surface area is 171 Å². The van der Waals surface area contributed by atoms with Crippen molar-refractivity contribution in [2.24, 2.45) is 4.99 Å². The Morgan fingerprint density at radius 3 is 3.19 bits per heavy atom. The van der Waals surface area contributed by atoms with E-state index in [0.717, 1.165) is 53.5 Å². The molecule has 4 heterocycles. The second kappa shape index (κ2) is 8.24. The van der Waals surface area contributed by atoms with Crippen molar-refractivity contribution in [3.63, 3.8) is 0 Å². The lowest BCUT2D eigenvalue weighted by atomic mass is 10.2. The molecular formula is C19H23BrN4O2S. The molecule has 0 saturated carbocycles. The number of hydrogen-bond donors (Lipinski definition) is 0. The molecule has 4 rings (SSSR count). The first-order chi connectivity index (χ1) is 13.2. The van der Waals surface area contributed by atoms with Gasteiger partial charge in [0.05, 0.1) is 24.5 Å². The van der Waals surface area contributed by atoms with E-state index >= 15 is 0 Å². The summed E-state index contributed by atoms with van der Waals surface area (Å²) < 4.78 is 8.38. The van der Waals surface area contributed by atoms with Crippen LogP contribution in [-0.2, 0) is 4.79 Å². The maximum Gasteiger partial charge on any atom is 0.237 e. The van der Waals surface area contributed by atoms with Gasteiger partial charge in [0.25, 0.3) is 0 Å². The van der Waals surface area contributed by atoms with Gasteiger partial charge >= 0.3 is 0 Å². The highest BCUT2D eigenvalue weighted by Crippen LogP contribution is 2.36. The third-order valence-corrected chi connectivity index (χ3v) is 7.19. The molecule has 0 aromatic carbocycles. The van der Waals surface area contributed by atoms with Gasteiger partial charge in [-0.05, 0) is 48.0 Å². The molecule has 2 atom stereocenters. The second-order valence-corrected chi connectivity index (χ2v) is 8.89. The van der Waals surface area contributed by atoms with Crippen LogP contribution in [0.3, 0.4) is 0 Å². The topological polar surface area (TPSA) is 58.0 Å². The number of carbonyl (C=O) groups excluding carboxylic acids is 1. The smallest absolute Gasteiger partial charge is 0.237 e. The van der Waals surface area contributed by atoms with E-state index in [-0.39, 0.29) is 18.1 Å². The average molecular weight is 451 g/mol. The van der Waals surface area contributed by atoms with Crippen molar-refractivity contribution in [2.75, 3.05) is 32.7 Å². The highest BCUT2D eigenvalue weighted by Gasteiger charge is 2.32. The normalized spacial score (nSPS) is 23.2. The number of halogens is 1. The van der Waals surface area contributed by atoms with E-state index in [9.17, 15) is 4.79 Å². The average Bonchev–Trinajstić information content (AvgIpc) is 3.37. The van der Waals surface area contributed by atoms with Crippen LogP contribution in [0.25, 0.3) is 10.1 Å². The lowest BCUT2D eigenvalue weighted by Gasteiger charge is -2.26. The van der Waals surface area contributed by atoms with E-state index in [1.165, 1.54) is 0 Å². The number of nitrogens with zero attached hydrogens (tertiary/aromatic N) is 4. The van der Waals surface area contributed by atoms with Gasteiger partial charge in [0, 0.05) is 40.4 Å². The van der Waals surface area contributed by atoms with Gasteiger partial charge in [0.2, 0.25) is 11.8 Å². The summed E-state index contributed by atoms with van der Waals surface area (Å²) in [6.45, 7) is 7.13. The van der Waals surface area contributed by atoms with Crippen molar-refractivity contribution < 1.29 is 9.53 Å². The summed E-state index contributed by atoms with van der Waals surface area (Å²) in [5.41, 5.74) is 0. The van der Waals surface area contributed by atoms with Crippen LogP contribution in [0.15, 0.2) is 27.1 Å². The van der Waals surface area contributed by atoms with Gasteiger partial charge in [0.15, 0.2) is 0 Å². The number of hydrogen-bond acceptors (Lipinski definition) is 6. The first-order valence-corrected chi connectivity index (χ1v) is 11.0. The summed E-state index contributed by atoms with van der Waals surface area (Å²) in [5, 5.41) is 3.09. The number of amides is 1. The summed E-state index contributed by atoms with van der Waals surface area (Å²) >= 11 is 5.26. The molecule has 0 bridgehead atoms. The molecule has 0 aliphatic carbocycles. The standard InChI is InChI=1S/C19H23BrN4O2S/c1-21-9-13-3-2-7-24(13)17(25)11-23-8-5-14(10-23)26-19-18-15(20)12-27-16(18)4-6-22-19/h4,6,12-14H,1-3,5,7-11H2/t13-,14-/m0/s1. The molecule has 0 unspecified atom stereocenters. The van der Waals surface area contributed by atoms with Crippen LogP contribution in [0.5, 0.6) is 5.88 Å². The number of ether oxygens (including phenoxy) is 1. The monoisotopic (exact) mass is 450 g/mol. The van der Waals surface area contributed by atoms with Crippen LogP contribution in [0.4, 0.5) is 0 Å². The first-order valence-electron chi connectivity index (χ1n) is 9.28. The number of aromatic nitrogens is 1. The zero-order valence-electron chi connectivity index (χ0n) is 15.1. The van der Waals surface area contributed by atoms with Gasteiger partial charge in [0.1, 0.15) is 6.10 Å². The minimum Gasteiger partial charge on any atom is -0.472 e. The summed E-state index contributed by atoms with van der Waals surface area (Å²) in [6.07, 6.45) is 4.85. The van der Waals surface area contributed by atoms with Crippen LogP contribution in [0, 0.1) is 0 Å². The molecule has 2 aliphatic heterocycles. The Kier molecular flexibility index (Phi) is 5.75. The first kappa shape index (κ1) is 18.8. The number of likely N-dealkylation sites (tertiary alicyclic amines) is 2. The predicted octanol–water partition coefficient (Wildman–Crippen LogP) is 3.20. The molecule has 2 fully saturated rings. The van der Waals surface area contributed by atoms with Crippen LogP contribution in [0.2, 0.25) is 0 Å². The zero-order chi connectivity index (χ0) is 18.8. The van der Waals surface area contributed by atoms with Gasteiger partial charge < -0.3 is 9.64 Å². The third-order valence-electron chi connectivity index (χ3n) is 5.31. The molecule has 0 N–H and O–H groups in total. The number of pyridine rings is 1. The molecule has 27 heavy (non-hydrogen) atoms. The van der Waals surface area contributed by atoms with E-state index in [2.05, 4.69) is 42.9 Å². The van der Waals surface area contributed by atoms with Gasteiger partial charge in [-0.3, -0.25) is 14.7 Å². The Morgan fingerprint density at radius 1 is 1.44 bits per heavy atom. The molecule has 0 spiro atoms. The fourth-order valence-electron chi connectivity index (χ4n) is 3.99. The van der Waals surface area contributed by atoms with Gasteiger partial charge in [-0.15, -0.1) is 11.3 Å². The molecule has 6 nitrogen and oxygen atoms in total. The highest BCUT2D eigenvalue weighted by molar-refractivity contribution is 9.10. The van der Waals surface area contributed by atoms with Crippen LogP contribution >= 0.6 is 27.3 Å². The molecule has 1 amide bonds. The van der Waals surface area contributed by atoms with Crippen LogP contribution < -0.4 is 4.74 Å². The minimum absolute atomic E-state index is 0.0620. The maximum atomic E-state index is 12.7. The number of rotatable bonds is 6. The van der Waals surface area contributed by atoms with E-state index < -0.39 is 0 Å². The lowest BCUT2D eigenvalue weighted by Crippen LogP contribution is -2.43. The van der Waals surface area contributed by atoms with Crippen molar-refractivity contribution in [1.29, 1.82) is 0 Å². The minimum atomic E-state index is 0.0620. The van der Waals surface area contributed by atoms with Crippen molar-refractivity contribution in [2.45, 2.75) is 31.4 Å². The summed E-state index contributed by atoms with van der Waals surface area (Å²) in [7, 11) is 0. The van der Waals surface area contributed by atoms with E-state index in [0.29, 0.717) is 19.0 Å². The van der Waals surface area contributed by atoms with E-state index in [1.807, 2.05) is 11.0 Å². The SMILES string of the molecule is C=NC[C@@H]1CCCN1C(=O)CN1CC[C@H](Oc2nccc3scc(Br)c23)C1. The Hall–Kier alpha value is -1.51. The largest absolute Gasteiger partial charge is 0.472 e. The number of carbonyl (C=O) groups is 1. The van der Waals surface area contributed by atoms with E-state index in [4.69, 9.17) is 4.74 Å². The molecule has 144 valence electrons. The van der Waals surface area contributed by atoms with Crippen molar-refractivity contribution in [3.8, 4) is 5.88 Å². The molecule has 2 saturated heterocycles. The molecule has 0 radical (unpaired) electrons. The zero-order valence-corrected chi connectivity index (χ0v) is 17.5. The van der Waals surface area contributed by atoms with Gasteiger partial charge in [-0.2, -0.15) is 0 Å². The Morgan fingerprint density at radius 2 is 2.33 bits per heavy atom. The van der Waals surface area contributed by atoms with Crippen molar-refractivity contribution in [3.05, 3.63) is 22.1 Å². The second-order valence-electron chi connectivity index (χ2n) is 7.13. The third kappa shape index (κ3) is 4.02. The Bertz CT molecular complexity index is 842. The summed E-state index contributed by atoms with van der Waals surface area (Å²) in [4.78, 5) is 25.3. The van der Waals surface area contributed by atoms with Crippen LogP contribution in [-0.4, -0.2) is 72.3 Å². The highest BCUT2D eigenvalue weighted by atomic mass is 79.9. The fourth-order valence-corrected chi connectivity index (χ4v) is 5.58. The van der Waals surface area contributed by atoms with Crippen molar-refractivity contribution in [1.82, 2.24) is 14.8 Å². The van der Waals surface area contributed by atoms with Crippen molar-refractivity contribution >= 4 is 50.0 Å². The predicted molar refractivity (Wildman–Crippen MR) is 112 cm³/mol. The molecule has 2 aliphatic rings. The number of fused-ring (bicyclic) bond motifs is 1. The fraction of sp³-hybridized carbons (Fsp3) is 0.526. The Balaban J connectivity index is 1.35. The molecule has 2 aromatic heterocycles. The summed E-state index contributed by atoms with van der Waals surface area (Å²) in [5.74, 6) is 0.873. The van der Waals surface area contributed by atoms with Gasteiger partial charge in [-0.1, -0.05) is 0 Å². The molecule has 8 heteroatoms. The quantitative estimate of drug-likeness (QED) is 0.633. The lowest BCUT2D eigenvalue weighted by molar-refractivity contribution is -0.132. The molecule has 2 aromatic rings. The summed E-state index contributed by atoms with van der Waals surface area (Å²) in [6, 6.07) is 2.23.